The number of hydrogen-bond acceptors (Lipinski definition) is 3. The summed E-state index contributed by atoms with van der Waals surface area (Å²) in [6, 6.07) is 0. The van der Waals surface area contributed by atoms with Crippen molar-refractivity contribution in [3.8, 4) is 11.5 Å². The molecule has 0 unspecified atom stereocenters. The van der Waals surface area contributed by atoms with Crippen LogP contribution >= 0.6 is 11.6 Å². The number of methoxy groups -OCH3 is 2. The number of hydrogen-bond donors (Lipinski definition) is 1. The van der Waals surface area contributed by atoms with E-state index in [0.29, 0.717) is 16.5 Å². The highest BCUT2D eigenvalue weighted by atomic mass is 35.5. The summed E-state index contributed by atoms with van der Waals surface area (Å²) in [6.45, 7) is 7.45. The molecule has 1 aromatic rings. The van der Waals surface area contributed by atoms with Gasteiger partial charge in [0.1, 0.15) is 11.5 Å². The summed E-state index contributed by atoms with van der Waals surface area (Å²) in [5, 5.41) is 9.61. The molecular formula is C15H21ClO4. The zero-order valence-electron chi connectivity index (χ0n) is 12.8. The molecule has 0 radical (unpaired) electrons. The summed E-state index contributed by atoms with van der Waals surface area (Å²) in [5.41, 5.74) is 1.79. The summed E-state index contributed by atoms with van der Waals surface area (Å²) < 4.78 is 10.8. The maximum absolute atomic E-state index is 11.1. The minimum atomic E-state index is -0.858. The van der Waals surface area contributed by atoms with Gasteiger partial charge in [0.05, 0.1) is 25.7 Å². The third kappa shape index (κ3) is 2.85. The number of carboxylic acid groups (broad SMARTS) is 1. The molecule has 1 rings (SSSR count). The smallest absolute Gasteiger partial charge is 0.304 e. The molecule has 0 bridgehead atoms. The molecule has 112 valence electrons. The van der Waals surface area contributed by atoms with Crippen molar-refractivity contribution in [1.29, 1.82) is 0 Å². The van der Waals surface area contributed by atoms with Crippen molar-refractivity contribution in [3.63, 3.8) is 0 Å². The standard InChI is InChI=1S/C15H21ClO4/c1-8-11(15(3,4)7-10(17)18)13(19-5)9(2)12(16)14(8)20-6/h7H2,1-6H3,(H,17,18). The molecule has 20 heavy (non-hydrogen) atoms. The van der Waals surface area contributed by atoms with Gasteiger partial charge in [-0.3, -0.25) is 4.79 Å². The predicted octanol–water partition coefficient (Wildman–Crippen LogP) is 3.73. The van der Waals surface area contributed by atoms with Gasteiger partial charge in [0.15, 0.2) is 0 Å². The van der Waals surface area contributed by atoms with Gasteiger partial charge in [-0.05, 0) is 13.8 Å². The lowest BCUT2D eigenvalue weighted by Gasteiger charge is -2.30. The highest BCUT2D eigenvalue weighted by Crippen LogP contribution is 2.46. The van der Waals surface area contributed by atoms with E-state index in [-0.39, 0.29) is 6.42 Å². The first-order chi connectivity index (χ1) is 9.17. The number of halogens is 1. The van der Waals surface area contributed by atoms with Crippen LogP contribution in [0.2, 0.25) is 5.02 Å². The van der Waals surface area contributed by atoms with E-state index in [4.69, 9.17) is 26.2 Å². The number of ether oxygens (including phenoxy) is 2. The fourth-order valence-electron chi connectivity index (χ4n) is 2.69. The number of carbonyl (C=O) groups is 1. The SMILES string of the molecule is COc1c(C)c(C(C)(C)CC(=O)O)c(OC)c(C)c1Cl. The molecular weight excluding hydrogens is 280 g/mol. The Morgan fingerprint density at radius 3 is 2.05 bits per heavy atom. The quantitative estimate of drug-likeness (QED) is 0.900. The van der Waals surface area contributed by atoms with Crippen molar-refractivity contribution in [2.75, 3.05) is 14.2 Å². The number of benzene rings is 1. The Balaban J connectivity index is 3.68. The first kappa shape index (κ1) is 16.6. The van der Waals surface area contributed by atoms with E-state index in [1.807, 2.05) is 27.7 Å². The Kier molecular flexibility index (Phi) is 4.92. The summed E-state index contributed by atoms with van der Waals surface area (Å²) in [4.78, 5) is 11.1. The van der Waals surface area contributed by atoms with Crippen LogP contribution < -0.4 is 9.47 Å². The molecule has 0 aromatic heterocycles. The summed E-state index contributed by atoms with van der Waals surface area (Å²) in [5.74, 6) is 0.334. The Labute approximate surface area is 124 Å². The minimum absolute atomic E-state index is 0.00553. The van der Waals surface area contributed by atoms with Crippen LogP contribution in [0.5, 0.6) is 11.5 Å². The van der Waals surface area contributed by atoms with Gasteiger partial charge in [-0.1, -0.05) is 25.4 Å². The van der Waals surface area contributed by atoms with Crippen molar-refractivity contribution in [2.24, 2.45) is 0 Å². The number of rotatable bonds is 5. The van der Waals surface area contributed by atoms with E-state index in [1.54, 1.807) is 14.2 Å². The van der Waals surface area contributed by atoms with Crippen molar-refractivity contribution < 1.29 is 19.4 Å². The highest BCUT2D eigenvalue weighted by molar-refractivity contribution is 6.33. The number of carboxylic acids is 1. The predicted molar refractivity (Wildman–Crippen MR) is 79.3 cm³/mol. The Bertz CT molecular complexity index is 535. The highest BCUT2D eigenvalue weighted by Gasteiger charge is 2.33. The van der Waals surface area contributed by atoms with Crippen LogP contribution in [0.1, 0.15) is 37.0 Å². The lowest BCUT2D eigenvalue weighted by Crippen LogP contribution is -2.24. The fourth-order valence-corrected chi connectivity index (χ4v) is 2.99. The lowest BCUT2D eigenvalue weighted by atomic mass is 9.77. The molecule has 5 heteroatoms. The van der Waals surface area contributed by atoms with E-state index < -0.39 is 11.4 Å². The second-order valence-electron chi connectivity index (χ2n) is 5.46. The fraction of sp³-hybridized carbons (Fsp3) is 0.533. The van der Waals surface area contributed by atoms with Gasteiger partial charge in [0, 0.05) is 22.1 Å². The van der Waals surface area contributed by atoms with Crippen LogP contribution in [-0.2, 0) is 10.2 Å². The summed E-state index contributed by atoms with van der Waals surface area (Å²) in [7, 11) is 3.11. The van der Waals surface area contributed by atoms with Crippen LogP contribution in [0.15, 0.2) is 0 Å². The monoisotopic (exact) mass is 300 g/mol. The largest absolute Gasteiger partial charge is 0.496 e. The van der Waals surface area contributed by atoms with E-state index >= 15 is 0 Å². The summed E-state index contributed by atoms with van der Waals surface area (Å²) in [6.07, 6.45) is -0.00553. The Morgan fingerprint density at radius 2 is 1.65 bits per heavy atom. The van der Waals surface area contributed by atoms with Crippen LogP contribution in [0, 0.1) is 13.8 Å². The van der Waals surface area contributed by atoms with Gasteiger partial charge in [0.25, 0.3) is 0 Å². The second-order valence-corrected chi connectivity index (χ2v) is 5.84. The second kappa shape index (κ2) is 5.92. The van der Waals surface area contributed by atoms with E-state index in [1.165, 1.54) is 0 Å². The molecule has 1 N–H and O–H groups in total. The molecule has 1 aromatic carbocycles. The third-order valence-electron chi connectivity index (χ3n) is 3.49. The normalized spacial score (nSPS) is 11.3. The Hall–Kier alpha value is -1.42. The lowest BCUT2D eigenvalue weighted by molar-refractivity contribution is -0.138. The molecule has 0 atom stereocenters. The molecule has 4 nitrogen and oxygen atoms in total. The zero-order chi connectivity index (χ0) is 15.7. The molecule has 0 aliphatic heterocycles. The van der Waals surface area contributed by atoms with Crippen molar-refractivity contribution >= 4 is 17.6 Å². The molecule has 0 saturated heterocycles. The van der Waals surface area contributed by atoms with E-state index in [0.717, 1.165) is 16.7 Å². The van der Waals surface area contributed by atoms with Crippen LogP contribution in [-0.4, -0.2) is 25.3 Å². The van der Waals surface area contributed by atoms with Crippen LogP contribution in [0.25, 0.3) is 0 Å². The molecule has 0 aliphatic carbocycles. The maximum atomic E-state index is 11.1. The van der Waals surface area contributed by atoms with Gasteiger partial charge >= 0.3 is 5.97 Å². The molecule has 0 heterocycles. The van der Waals surface area contributed by atoms with Crippen LogP contribution in [0.4, 0.5) is 0 Å². The molecule has 0 saturated carbocycles. The average Bonchev–Trinajstić information content (AvgIpc) is 2.32. The zero-order valence-corrected chi connectivity index (χ0v) is 13.5. The van der Waals surface area contributed by atoms with Gasteiger partial charge < -0.3 is 14.6 Å². The molecule has 0 amide bonds. The first-order valence-corrected chi connectivity index (χ1v) is 6.68. The molecule has 0 spiro atoms. The van der Waals surface area contributed by atoms with Crippen molar-refractivity contribution in [3.05, 3.63) is 21.7 Å². The van der Waals surface area contributed by atoms with Crippen molar-refractivity contribution in [1.82, 2.24) is 0 Å². The van der Waals surface area contributed by atoms with E-state index in [9.17, 15) is 4.79 Å². The van der Waals surface area contributed by atoms with Gasteiger partial charge in [-0.25, -0.2) is 0 Å². The third-order valence-corrected chi connectivity index (χ3v) is 3.95. The van der Waals surface area contributed by atoms with Gasteiger partial charge in [0.2, 0.25) is 0 Å². The summed E-state index contributed by atoms with van der Waals surface area (Å²) >= 11 is 6.29. The maximum Gasteiger partial charge on any atom is 0.304 e. The average molecular weight is 301 g/mol. The van der Waals surface area contributed by atoms with Crippen LogP contribution in [0.3, 0.4) is 0 Å². The van der Waals surface area contributed by atoms with Crippen molar-refractivity contribution in [2.45, 2.75) is 39.5 Å². The molecule has 0 fully saturated rings. The Morgan fingerprint density at radius 1 is 1.15 bits per heavy atom. The first-order valence-electron chi connectivity index (χ1n) is 6.30. The minimum Gasteiger partial charge on any atom is -0.496 e. The topological polar surface area (TPSA) is 55.8 Å². The van der Waals surface area contributed by atoms with E-state index in [2.05, 4.69) is 0 Å². The number of aliphatic carboxylic acids is 1. The van der Waals surface area contributed by atoms with Gasteiger partial charge in [-0.2, -0.15) is 0 Å². The molecule has 0 aliphatic rings. The van der Waals surface area contributed by atoms with Gasteiger partial charge in [-0.15, -0.1) is 0 Å².